The second-order valence-corrected chi connectivity index (χ2v) is 7.44. The van der Waals surface area contributed by atoms with Gasteiger partial charge in [0.15, 0.2) is 0 Å². The maximum Gasteiger partial charge on any atom is 0.409 e. The number of benzene rings is 2. The minimum Gasteiger partial charge on any atom is -0.550 e. The molecule has 1 fully saturated rings. The van der Waals surface area contributed by atoms with Crippen LogP contribution in [0.2, 0.25) is 0 Å². The summed E-state index contributed by atoms with van der Waals surface area (Å²) in [6.07, 6.45) is 0.0359. The van der Waals surface area contributed by atoms with E-state index in [1.54, 1.807) is 4.90 Å². The van der Waals surface area contributed by atoms with Crippen LogP contribution < -0.4 is 5.11 Å². The summed E-state index contributed by atoms with van der Waals surface area (Å²) in [6, 6.07) is 16.4. The molecule has 1 heterocycles. The highest BCUT2D eigenvalue weighted by molar-refractivity contribution is 5.79. The zero-order valence-electron chi connectivity index (χ0n) is 15.3. The van der Waals surface area contributed by atoms with E-state index in [0.29, 0.717) is 19.5 Å². The third-order valence-electron chi connectivity index (χ3n) is 5.80. The standard InChI is InChI=1S/C22H23NO4/c1-14-12-23(11-10-15(14)21(24)25)22(26)27-13-20-18-8-4-2-6-16(18)17-7-3-5-9-19(17)20/h2-9,14-15,20H,10-13H2,1H3,(H,24,25)/p-1. The van der Waals surface area contributed by atoms with Gasteiger partial charge in [-0.1, -0.05) is 55.5 Å². The molecule has 140 valence electrons. The summed E-state index contributed by atoms with van der Waals surface area (Å²) in [4.78, 5) is 25.3. The van der Waals surface area contributed by atoms with Crippen molar-refractivity contribution in [3.63, 3.8) is 0 Å². The topological polar surface area (TPSA) is 69.7 Å². The van der Waals surface area contributed by atoms with Crippen LogP contribution in [-0.4, -0.2) is 36.7 Å². The number of carboxylic acids is 1. The van der Waals surface area contributed by atoms with Crippen LogP contribution in [0, 0.1) is 11.8 Å². The Morgan fingerprint density at radius 2 is 1.67 bits per heavy atom. The average molecular weight is 364 g/mol. The molecule has 0 bridgehead atoms. The summed E-state index contributed by atoms with van der Waals surface area (Å²) in [5.74, 6) is -1.64. The van der Waals surface area contributed by atoms with Gasteiger partial charge in [-0.15, -0.1) is 0 Å². The maximum atomic E-state index is 12.5. The molecule has 0 spiro atoms. The summed E-state index contributed by atoms with van der Waals surface area (Å²) in [7, 11) is 0. The zero-order chi connectivity index (χ0) is 19.0. The van der Waals surface area contributed by atoms with Crippen molar-refractivity contribution in [2.75, 3.05) is 19.7 Å². The van der Waals surface area contributed by atoms with Crippen LogP contribution in [0.15, 0.2) is 48.5 Å². The molecule has 1 amide bonds. The normalized spacial score (nSPS) is 21.4. The predicted octanol–water partition coefficient (Wildman–Crippen LogP) is 2.64. The van der Waals surface area contributed by atoms with Crippen LogP contribution in [0.3, 0.4) is 0 Å². The summed E-state index contributed by atoms with van der Waals surface area (Å²) >= 11 is 0. The molecule has 0 radical (unpaired) electrons. The van der Waals surface area contributed by atoms with Crippen LogP contribution in [-0.2, 0) is 9.53 Å². The number of carbonyl (C=O) groups excluding carboxylic acids is 2. The number of fused-ring (bicyclic) bond motifs is 3. The first-order valence-electron chi connectivity index (χ1n) is 9.37. The second kappa shape index (κ2) is 7.06. The van der Waals surface area contributed by atoms with Crippen molar-refractivity contribution in [1.29, 1.82) is 0 Å². The molecule has 0 aromatic heterocycles. The first kappa shape index (κ1) is 17.6. The first-order chi connectivity index (χ1) is 13.1. The van der Waals surface area contributed by atoms with Gasteiger partial charge in [0.1, 0.15) is 6.61 Å². The van der Waals surface area contributed by atoms with Crippen molar-refractivity contribution >= 4 is 12.1 Å². The number of hydrogen-bond acceptors (Lipinski definition) is 4. The molecule has 2 aromatic carbocycles. The van der Waals surface area contributed by atoms with Gasteiger partial charge in [0.05, 0.1) is 0 Å². The van der Waals surface area contributed by atoms with E-state index in [1.165, 1.54) is 22.3 Å². The van der Waals surface area contributed by atoms with E-state index in [-0.39, 0.29) is 24.5 Å². The molecule has 27 heavy (non-hydrogen) atoms. The van der Waals surface area contributed by atoms with Crippen LogP contribution in [0.4, 0.5) is 4.79 Å². The number of carbonyl (C=O) groups is 2. The zero-order valence-corrected chi connectivity index (χ0v) is 15.3. The highest BCUT2D eigenvalue weighted by Gasteiger charge is 2.32. The monoisotopic (exact) mass is 364 g/mol. The SMILES string of the molecule is CC1CN(C(=O)OCC2c3ccccc3-c3ccccc32)CCC1C(=O)[O-]. The molecule has 2 aliphatic rings. The van der Waals surface area contributed by atoms with Gasteiger partial charge in [0.25, 0.3) is 0 Å². The minimum atomic E-state index is -1.03. The van der Waals surface area contributed by atoms with Gasteiger partial charge < -0.3 is 19.5 Å². The molecule has 0 saturated carbocycles. The molecule has 5 heteroatoms. The third-order valence-corrected chi connectivity index (χ3v) is 5.80. The molecule has 0 N–H and O–H groups in total. The van der Waals surface area contributed by atoms with Gasteiger partial charge in [0.2, 0.25) is 0 Å². The van der Waals surface area contributed by atoms with E-state index in [1.807, 2.05) is 31.2 Å². The molecular weight excluding hydrogens is 342 g/mol. The summed E-state index contributed by atoms with van der Waals surface area (Å²) < 4.78 is 5.65. The number of piperidine rings is 1. The lowest BCUT2D eigenvalue weighted by Gasteiger charge is -2.36. The fraction of sp³-hybridized carbons (Fsp3) is 0.364. The van der Waals surface area contributed by atoms with Crippen molar-refractivity contribution < 1.29 is 19.4 Å². The largest absolute Gasteiger partial charge is 0.550 e. The predicted molar refractivity (Wildman–Crippen MR) is 98.9 cm³/mol. The fourth-order valence-electron chi connectivity index (χ4n) is 4.35. The molecule has 2 aromatic rings. The van der Waals surface area contributed by atoms with E-state index >= 15 is 0 Å². The van der Waals surface area contributed by atoms with E-state index in [9.17, 15) is 14.7 Å². The van der Waals surface area contributed by atoms with Gasteiger partial charge in [-0.3, -0.25) is 0 Å². The molecule has 2 unspecified atom stereocenters. The maximum absolute atomic E-state index is 12.5. The lowest BCUT2D eigenvalue weighted by Crippen LogP contribution is -2.48. The Hall–Kier alpha value is -2.82. The molecular formula is C22H22NO4-. The number of amides is 1. The number of aliphatic carboxylic acids is 1. The molecule has 4 rings (SSSR count). The summed E-state index contributed by atoms with van der Waals surface area (Å²) in [5, 5.41) is 11.1. The highest BCUT2D eigenvalue weighted by Crippen LogP contribution is 2.44. The Balaban J connectivity index is 1.45. The fourth-order valence-corrected chi connectivity index (χ4v) is 4.35. The van der Waals surface area contributed by atoms with E-state index < -0.39 is 11.9 Å². The third kappa shape index (κ3) is 3.18. The van der Waals surface area contributed by atoms with Crippen LogP contribution in [0.25, 0.3) is 11.1 Å². The number of likely N-dealkylation sites (tertiary alicyclic amines) is 1. The molecule has 1 saturated heterocycles. The molecule has 2 atom stereocenters. The Bertz CT molecular complexity index is 833. The Kier molecular flexibility index (Phi) is 4.60. The summed E-state index contributed by atoms with van der Waals surface area (Å²) in [5.41, 5.74) is 4.74. The minimum absolute atomic E-state index is 0.0273. The Morgan fingerprint density at radius 1 is 1.07 bits per heavy atom. The van der Waals surface area contributed by atoms with Gasteiger partial charge in [-0.25, -0.2) is 4.79 Å². The number of hydrogen-bond donors (Lipinski definition) is 0. The van der Waals surface area contributed by atoms with Gasteiger partial charge in [-0.2, -0.15) is 0 Å². The highest BCUT2D eigenvalue weighted by atomic mass is 16.6. The number of nitrogens with zero attached hydrogens (tertiary/aromatic N) is 1. The molecule has 5 nitrogen and oxygen atoms in total. The quantitative estimate of drug-likeness (QED) is 0.840. The van der Waals surface area contributed by atoms with Crippen LogP contribution >= 0.6 is 0 Å². The van der Waals surface area contributed by atoms with E-state index in [0.717, 1.165) is 0 Å². The van der Waals surface area contributed by atoms with Crippen molar-refractivity contribution in [2.24, 2.45) is 11.8 Å². The number of carboxylic acid groups (broad SMARTS) is 1. The van der Waals surface area contributed by atoms with Crippen molar-refractivity contribution in [2.45, 2.75) is 19.3 Å². The average Bonchev–Trinajstić information content (AvgIpc) is 2.99. The number of ether oxygens (including phenoxy) is 1. The van der Waals surface area contributed by atoms with Crippen LogP contribution in [0.5, 0.6) is 0 Å². The Labute approximate surface area is 158 Å². The lowest BCUT2D eigenvalue weighted by atomic mass is 9.87. The van der Waals surface area contributed by atoms with Crippen molar-refractivity contribution in [1.82, 2.24) is 4.90 Å². The van der Waals surface area contributed by atoms with E-state index in [2.05, 4.69) is 24.3 Å². The van der Waals surface area contributed by atoms with Crippen LogP contribution in [0.1, 0.15) is 30.4 Å². The van der Waals surface area contributed by atoms with Crippen molar-refractivity contribution in [3.8, 4) is 11.1 Å². The van der Waals surface area contributed by atoms with Gasteiger partial charge in [0, 0.05) is 30.9 Å². The first-order valence-corrected chi connectivity index (χ1v) is 9.37. The summed E-state index contributed by atoms with van der Waals surface area (Å²) in [6.45, 7) is 2.89. The van der Waals surface area contributed by atoms with E-state index in [4.69, 9.17) is 4.74 Å². The van der Waals surface area contributed by atoms with Crippen molar-refractivity contribution in [3.05, 3.63) is 59.7 Å². The second-order valence-electron chi connectivity index (χ2n) is 7.44. The molecule has 1 aliphatic heterocycles. The molecule has 1 aliphatic carbocycles. The smallest absolute Gasteiger partial charge is 0.409 e. The Morgan fingerprint density at radius 3 is 2.22 bits per heavy atom. The lowest BCUT2D eigenvalue weighted by molar-refractivity contribution is -0.314. The van der Waals surface area contributed by atoms with Gasteiger partial charge >= 0.3 is 6.09 Å². The number of rotatable bonds is 3. The van der Waals surface area contributed by atoms with Gasteiger partial charge in [-0.05, 0) is 34.6 Å².